The summed E-state index contributed by atoms with van der Waals surface area (Å²) >= 11 is 0. The number of hydrogen-bond acceptors (Lipinski definition) is 5. The first kappa shape index (κ1) is 14.8. The van der Waals surface area contributed by atoms with Crippen LogP contribution in [0.1, 0.15) is 12.2 Å². The monoisotopic (exact) mass is 304 g/mol. The van der Waals surface area contributed by atoms with Crippen molar-refractivity contribution in [3.05, 3.63) is 24.0 Å². The molecule has 1 fully saturated rings. The van der Waals surface area contributed by atoms with Crippen molar-refractivity contribution in [2.75, 3.05) is 26.8 Å². The van der Waals surface area contributed by atoms with Crippen molar-refractivity contribution in [2.24, 2.45) is 0 Å². The van der Waals surface area contributed by atoms with E-state index in [0.29, 0.717) is 19.6 Å². The molecular weight excluding hydrogens is 284 g/mol. The lowest BCUT2D eigenvalue weighted by Crippen LogP contribution is -2.41. The van der Waals surface area contributed by atoms with Gasteiger partial charge >= 0.3 is 0 Å². The van der Waals surface area contributed by atoms with Gasteiger partial charge in [0.1, 0.15) is 11.6 Å². The molecule has 0 saturated carbocycles. The topological polar surface area (TPSA) is 88.3 Å². The standard InChI is InChI=1S/C15H20N4O3/c1-21-10-2-3-12-13(6-10)19-14(18-12)9-17-15(20)7-11-8-16-4-5-22-11/h2-3,6,11,16H,4-5,7-9H2,1H3,(H,17,20)(H,18,19)/t11-/m1/s1. The number of aromatic nitrogens is 2. The van der Waals surface area contributed by atoms with Gasteiger partial charge in [0.05, 0.1) is 43.8 Å². The number of carbonyl (C=O) groups is 1. The second-order valence-corrected chi connectivity index (χ2v) is 5.24. The van der Waals surface area contributed by atoms with Crippen LogP contribution in [0.15, 0.2) is 18.2 Å². The maximum atomic E-state index is 11.9. The van der Waals surface area contributed by atoms with Gasteiger partial charge < -0.3 is 25.1 Å². The molecule has 0 aliphatic carbocycles. The van der Waals surface area contributed by atoms with Crippen LogP contribution in [-0.2, 0) is 16.1 Å². The van der Waals surface area contributed by atoms with Gasteiger partial charge in [-0.25, -0.2) is 4.98 Å². The van der Waals surface area contributed by atoms with Crippen LogP contribution in [0.4, 0.5) is 0 Å². The summed E-state index contributed by atoms with van der Waals surface area (Å²) in [6.45, 7) is 2.59. The molecule has 2 aromatic rings. The third-order valence-electron chi connectivity index (χ3n) is 3.61. The van der Waals surface area contributed by atoms with E-state index in [9.17, 15) is 4.79 Å². The Balaban J connectivity index is 1.55. The Labute approximate surface area is 128 Å². The van der Waals surface area contributed by atoms with Gasteiger partial charge in [0, 0.05) is 19.2 Å². The van der Waals surface area contributed by atoms with Gasteiger partial charge in [0.2, 0.25) is 5.91 Å². The number of fused-ring (bicyclic) bond motifs is 1. The Morgan fingerprint density at radius 2 is 2.45 bits per heavy atom. The maximum absolute atomic E-state index is 11.9. The number of nitrogens with one attached hydrogen (secondary N) is 3. The summed E-state index contributed by atoms with van der Waals surface area (Å²) in [5, 5.41) is 6.07. The molecule has 118 valence electrons. The first-order chi connectivity index (χ1) is 10.7. The highest BCUT2D eigenvalue weighted by molar-refractivity contribution is 5.78. The van der Waals surface area contributed by atoms with Gasteiger partial charge in [-0.1, -0.05) is 0 Å². The highest BCUT2D eigenvalue weighted by atomic mass is 16.5. The smallest absolute Gasteiger partial charge is 0.223 e. The second kappa shape index (κ2) is 6.76. The average Bonchev–Trinajstić information content (AvgIpc) is 2.95. The van der Waals surface area contributed by atoms with E-state index in [1.807, 2.05) is 18.2 Å². The Morgan fingerprint density at radius 3 is 3.23 bits per heavy atom. The van der Waals surface area contributed by atoms with Crippen LogP contribution in [0.5, 0.6) is 5.75 Å². The van der Waals surface area contributed by atoms with Gasteiger partial charge in [-0.15, -0.1) is 0 Å². The highest BCUT2D eigenvalue weighted by Gasteiger charge is 2.17. The second-order valence-electron chi connectivity index (χ2n) is 5.24. The number of methoxy groups -OCH3 is 1. The van der Waals surface area contributed by atoms with Crippen LogP contribution < -0.4 is 15.4 Å². The van der Waals surface area contributed by atoms with Gasteiger partial charge in [-0.2, -0.15) is 0 Å². The van der Waals surface area contributed by atoms with Crippen molar-refractivity contribution in [2.45, 2.75) is 19.1 Å². The molecule has 1 aromatic heterocycles. The molecule has 7 heteroatoms. The SMILES string of the molecule is COc1ccc2nc(CNC(=O)C[C@@H]3CNCCO3)[nH]c2c1. The molecule has 2 heterocycles. The molecule has 0 spiro atoms. The molecule has 0 unspecified atom stereocenters. The minimum absolute atomic E-state index is 0.0354. The lowest BCUT2D eigenvalue weighted by atomic mass is 10.2. The quantitative estimate of drug-likeness (QED) is 0.751. The molecular formula is C15H20N4O3. The highest BCUT2D eigenvalue weighted by Crippen LogP contribution is 2.18. The van der Waals surface area contributed by atoms with E-state index < -0.39 is 0 Å². The van der Waals surface area contributed by atoms with E-state index in [1.54, 1.807) is 7.11 Å². The summed E-state index contributed by atoms with van der Waals surface area (Å²) in [6.07, 6.45) is 0.315. The van der Waals surface area contributed by atoms with E-state index in [-0.39, 0.29) is 12.0 Å². The Morgan fingerprint density at radius 1 is 1.55 bits per heavy atom. The zero-order valence-corrected chi connectivity index (χ0v) is 12.5. The molecule has 3 N–H and O–H groups in total. The van der Waals surface area contributed by atoms with Crippen LogP contribution in [-0.4, -0.2) is 48.8 Å². The summed E-state index contributed by atoms with van der Waals surface area (Å²) in [5.74, 6) is 1.46. The molecule has 1 aliphatic heterocycles. The number of ether oxygens (including phenoxy) is 2. The number of carbonyl (C=O) groups excluding carboxylic acids is 1. The molecule has 0 bridgehead atoms. The molecule has 1 aromatic carbocycles. The van der Waals surface area contributed by atoms with Crippen LogP contribution in [0.3, 0.4) is 0 Å². The van der Waals surface area contributed by atoms with E-state index in [0.717, 1.165) is 35.7 Å². The molecule has 0 radical (unpaired) electrons. The Kier molecular flexibility index (Phi) is 4.55. The zero-order valence-electron chi connectivity index (χ0n) is 12.5. The number of amides is 1. The molecule has 3 rings (SSSR count). The molecule has 1 aliphatic rings. The lowest BCUT2D eigenvalue weighted by molar-refractivity contribution is -0.124. The fourth-order valence-electron chi connectivity index (χ4n) is 2.46. The molecule has 7 nitrogen and oxygen atoms in total. The zero-order chi connectivity index (χ0) is 15.4. The minimum Gasteiger partial charge on any atom is -0.497 e. The summed E-state index contributed by atoms with van der Waals surface area (Å²) in [7, 11) is 1.63. The van der Waals surface area contributed by atoms with Crippen molar-refractivity contribution in [1.29, 1.82) is 0 Å². The van der Waals surface area contributed by atoms with Crippen molar-refractivity contribution < 1.29 is 14.3 Å². The Hall–Kier alpha value is -2.12. The maximum Gasteiger partial charge on any atom is 0.223 e. The van der Waals surface area contributed by atoms with E-state index >= 15 is 0 Å². The van der Waals surface area contributed by atoms with E-state index in [4.69, 9.17) is 9.47 Å². The number of nitrogens with zero attached hydrogens (tertiary/aromatic N) is 1. The van der Waals surface area contributed by atoms with Crippen LogP contribution >= 0.6 is 0 Å². The van der Waals surface area contributed by atoms with Crippen LogP contribution in [0, 0.1) is 0 Å². The summed E-state index contributed by atoms with van der Waals surface area (Å²) in [4.78, 5) is 19.5. The van der Waals surface area contributed by atoms with Crippen molar-refractivity contribution in [3.8, 4) is 5.75 Å². The molecule has 1 atom stereocenters. The Bertz CT molecular complexity index is 649. The van der Waals surface area contributed by atoms with Gasteiger partial charge in [0.15, 0.2) is 0 Å². The summed E-state index contributed by atoms with van der Waals surface area (Å²) in [6, 6.07) is 5.63. The minimum atomic E-state index is -0.0475. The predicted octanol–water partition coefficient (Wildman–Crippen LogP) is 0.566. The third kappa shape index (κ3) is 3.55. The third-order valence-corrected chi connectivity index (χ3v) is 3.61. The van der Waals surface area contributed by atoms with Crippen molar-refractivity contribution >= 4 is 16.9 Å². The van der Waals surface area contributed by atoms with Crippen LogP contribution in [0.25, 0.3) is 11.0 Å². The predicted molar refractivity (Wildman–Crippen MR) is 81.7 cm³/mol. The summed E-state index contributed by atoms with van der Waals surface area (Å²) < 4.78 is 10.7. The number of aromatic amines is 1. The first-order valence-corrected chi connectivity index (χ1v) is 7.36. The number of morpholine rings is 1. The molecule has 1 saturated heterocycles. The largest absolute Gasteiger partial charge is 0.497 e. The molecule has 22 heavy (non-hydrogen) atoms. The number of H-pyrrole nitrogens is 1. The fraction of sp³-hybridized carbons (Fsp3) is 0.467. The van der Waals surface area contributed by atoms with E-state index in [2.05, 4.69) is 20.6 Å². The summed E-state index contributed by atoms with van der Waals surface area (Å²) in [5.41, 5.74) is 1.74. The van der Waals surface area contributed by atoms with Gasteiger partial charge in [-0.05, 0) is 12.1 Å². The van der Waals surface area contributed by atoms with Crippen LogP contribution in [0.2, 0.25) is 0 Å². The molecule has 1 amide bonds. The van der Waals surface area contributed by atoms with Crippen molar-refractivity contribution in [1.82, 2.24) is 20.6 Å². The average molecular weight is 304 g/mol. The normalized spacial score (nSPS) is 18.3. The number of hydrogen-bond donors (Lipinski definition) is 3. The lowest BCUT2D eigenvalue weighted by Gasteiger charge is -2.22. The van der Waals surface area contributed by atoms with Crippen molar-refractivity contribution in [3.63, 3.8) is 0 Å². The van der Waals surface area contributed by atoms with Gasteiger partial charge in [0.25, 0.3) is 0 Å². The number of benzene rings is 1. The van der Waals surface area contributed by atoms with E-state index in [1.165, 1.54) is 0 Å². The van der Waals surface area contributed by atoms with Gasteiger partial charge in [-0.3, -0.25) is 4.79 Å². The number of imidazole rings is 1. The number of rotatable bonds is 5. The first-order valence-electron chi connectivity index (χ1n) is 7.36. The fourth-order valence-corrected chi connectivity index (χ4v) is 2.46.